The summed E-state index contributed by atoms with van der Waals surface area (Å²) in [6.45, 7) is 8.73. The van der Waals surface area contributed by atoms with E-state index in [1.54, 1.807) is 6.07 Å². The maximum absolute atomic E-state index is 12.2. The highest BCUT2D eigenvalue weighted by Crippen LogP contribution is 2.26. The number of unbranched alkanes of at least 4 members (excludes halogenated alkanes) is 1. The van der Waals surface area contributed by atoms with Crippen LogP contribution in [0, 0.1) is 17.8 Å². The Hall–Kier alpha value is -1.83. The van der Waals surface area contributed by atoms with E-state index in [0.29, 0.717) is 31.1 Å². The van der Waals surface area contributed by atoms with Crippen LogP contribution in [0.1, 0.15) is 58.9 Å². The number of carbonyl (C=O) groups excluding carboxylic acids is 2. The minimum Gasteiger partial charge on any atom is -0.482 e. The van der Waals surface area contributed by atoms with Crippen molar-refractivity contribution in [2.24, 2.45) is 23.5 Å². The molecule has 0 unspecified atom stereocenters. The zero-order valence-corrected chi connectivity index (χ0v) is 21.5. The fourth-order valence-electron chi connectivity index (χ4n) is 3.57. The predicted molar refractivity (Wildman–Crippen MR) is 134 cm³/mol. The van der Waals surface area contributed by atoms with Crippen LogP contribution >= 0.6 is 12.4 Å². The first kappa shape index (κ1) is 31.2. The first-order valence-electron chi connectivity index (χ1n) is 11.7. The molecule has 0 aliphatic carbocycles. The summed E-state index contributed by atoms with van der Waals surface area (Å²) in [4.78, 5) is 23.5. The minimum atomic E-state index is -0.738. The van der Waals surface area contributed by atoms with Crippen LogP contribution in [0.2, 0.25) is 0 Å². The third-order valence-electron chi connectivity index (χ3n) is 5.86. The van der Waals surface area contributed by atoms with Crippen LogP contribution in [0.4, 0.5) is 0 Å². The summed E-state index contributed by atoms with van der Waals surface area (Å²) in [7, 11) is 1.33. The maximum Gasteiger partial charge on any atom is 0.343 e. The van der Waals surface area contributed by atoms with Crippen molar-refractivity contribution in [2.75, 3.05) is 20.3 Å². The predicted octanol–water partition coefficient (Wildman–Crippen LogP) is 3.50. The number of hydrogen-bond acceptors (Lipinski definition) is 6. The SMILES string of the molecule is CCCCNC(=O)[C@H](C)C[C@H](O)[C@@H](N)C[C@H](Cc1cccc(OCC(=O)OC)c1)C(C)C.Cl. The molecular weight excluding hydrogens is 444 g/mol. The summed E-state index contributed by atoms with van der Waals surface area (Å²) in [5, 5.41) is 13.5. The second kappa shape index (κ2) is 16.7. The Balaban J connectivity index is 0.0000102. The van der Waals surface area contributed by atoms with E-state index >= 15 is 0 Å². The third-order valence-corrected chi connectivity index (χ3v) is 5.86. The normalized spacial score (nSPS) is 14.5. The van der Waals surface area contributed by atoms with E-state index < -0.39 is 18.1 Å². The highest BCUT2D eigenvalue weighted by molar-refractivity contribution is 5.85. The molecule has 1 aromatic rings. The van der Waals surface area contributed by atoms with Gasteiger partial charge in [0.15, 0.2) is 6.61 Å². The lowest BCUT2D eigenvalue weighted by Crippen LogP contribution is -2.41. The molecule has 0 fully saturated rings. The Morgan fingerprint density at radius 3 is 2.48 bits per heavy atom. The Morgan fingerprint density at radius 1 is 1.18 bits per heavy atom. The number of nitrogens with two attached hydrogens (primary N) is 1. The molecule has 0 radical (unpaired) electrons. The zero-order chi connectivity index (χ0) is 24.1. The van der Waals surface area contributed by atoms with Gasteiger partial charge in [0, 0.05) is 18.5 Å². The molecule has 0 bridgehead atoms. The molecule has 8 heteroatoms. The van der Waals surface area contributed by atoms with Gasteiger partial charge in [-0.2, -0.15) is 0 Å². The van der Waals surface area contributed by atoms with E-state index in [4.69, 9.17) is 10.5 Å². The van der Waals surface area contributed by atoms with Gasteiger partial charge in [-0.15, -0.1) is 12.4 Å². The fraction of sp³-hybridized carbons (Fsp3) is 0.680. The summed E-state index contributed by atoms with van der Waals surface area (Å²) in [5.41, 5.74) is 7.43. The molecule has 190 valence electrons. The summed E-state index contributed by atoms with van der Waals surface area (Å²) >= 11 is 0. The zero-order valence-electron chi connectivity index (χ0n) is 20.7. The van der Waals surface area contributed by atoms with Gasteiger partial charge in [0.05, 0.1) is 13.2 Å². The summed E-state index contributed by atoms with van der Waals surface area (Å²) in [5.74, 6) is 0.487. The number of carbonyl (C=O) groups is 2. The van der Waals surface area contributed by atoms with E-state index in [1.165, 1.54) is 7.11 Å². The Labute approximate surface area is 205 Å². The molecule has 0 heterocycles. The average molecular weight is 487 g/mol. The highest BCUT2D eigenvalue weighted by atomic mass is 35.5. The topological polar surface area (TPSA) is 111 Å². The fourth-order valence-corrected chi connectivity index (χ4v) is 3.57. The summed E-state index contributed by atoms with van der Waals surface area (Å²) in [6.07, 6.45) is 3.01. The molecule has 1 amide bonds. The average Bonchev–Trinajstić information content (AvgIpc) is 2.76. The number of esters is 1. The first-order chi connectivity index (χ1) is 15.2. The molecule has 1 rings (SSSR count). The van der Waals surface area contributed by atoms with E-state index in [1.807, 2.05) is 25.1 Å². The van der Waals surface area contributed by atoms with Crippen LogP contribution in [0.25, 0.3) is 0 Å². The molecule has 4 N–H and O–H groups in total. The smallest absolute Gasteiger partial charge is 0.343 e. The van der Waals surface area contributed by atoms with Crippen LogP contribution in [-0.2, 0) is 20.7 Å². The van der Waals surface area contributed by atoms with Crippen LogP contribution in [0.15, 0.2) is 24.3 Å². The molecule has 0 aliphatic rings. The Morgan fingerprint density at radius 2 is 1.88 bits per heavy atom. The van der Waals surface area contributed by atoms with Gasteiger partial charge in [-0.05, 0) is 55.2 Å². The number of methoxy groups -OCH3 is 1. The van der Waals surface area contributed by atoms with Gasteiger partial charge in [0.1, 0.15) is 5.75 Å². The number of halogens is 1. The number of amides is 1. The molecular formula is C25H43ClN2O5. The van der Waals surface area contributed by atoms with Gasteiger partial charge in [-0.1, -0.05) is 46.2 Å². The number of rotatable bonds is 15. The van der Waals surface area contributed by atoms with Crippen LogP contribution in [0.5, 0.6) is 5.75 Å². The number of ether oxygens (including phenoxy) is 2. The lowest BCUT2D eigenvalue weighted by Gasteiger charge is -2.28. The second-order valence-corrected chi connectivity index (χ2v) is 8.97. The summed E-state index contributed by atoms with van der Waals surface area (Å²) in [6, 6.07) is 7.23. The molecule has 4 atom stereocenters. The van der Waals surface area contributed by atoms with E-state index in [-0.39, 0.29) is 36.8 Å². The first-order valence-corrected chi connectivity index (χ1v) is 11.7. The van der Waals surface area contributed by atoms with Crippen LogP contribution < -0.4 is 15.8 Å². The number of hydrogen-bond donors (Lipinski definition) is 3. The van der Waals surface area contributed by atoms with Crippen molar-refractivity contribution in [3.63, 3.8) is 0 Å². The Kier molecular flexibility index (Phi) is 15.8. The molecule has 0 saturated heterocycles. The van der Waals surface area contributed by atoms with Crippen molar-refractivity contribution in [3.05, 3.63) is 29.8 Å². The van der Waals surface area contributed by atoms with Gasteiger partial charge < -0.3 is 25.6 Å². The van der Waals surface area contributed by atoms with Gasteiger partial charge in [0.2, 0.25) is 5.91 Å². The van der Waals surface area contributed by atoms with E-state index in [2.05, 4.69) is 30.8 Å². The standard InChI is InChI=1S/C25H42N2O5.ClH/c1-6-7-11-27-25(30)18(4)12-23(28)22(26)15-20(17(2)3)13-19-9-8-10-21(14-19)32-16-24(29)31-5;/h8-10,14,17-18,20,22-23,28H,6-7,11-13,15-16,26H2,1-5H3,(H,27,30);1H/t18-,20+,22+,23+;/m1./s1. The van der Waals surface area contributed by atoms with E-state index in [0.717, 1.165) is 24.8 Å². The van der Waals surface area contributed by atoms with Crippen molar-refractivity contribution < 1.29 is 24.2 Å². The second-order valence-electron chi connectivity index (χ2n) is 8.97. The van der Waals surface area contributed by atoms with Gasteiger partial charge in [-0.25, -0.2) is 4.79 Å². The number of benzene rings is 1. The molecule has 0 aromatic heterocycles. The van der Waals surface area contributed by atoms with Gasteiger partial charge >= 0.3 is 5.97 Å². The molecule has 1 aromatic carbocycles. The molecule has 33 heavy (non-hydrogen) atoms. The highest BCUT2D eigenvalue weighted by Gasteiger charge is 2.26. The molecule has 7 nitrogen and oxygen atoms in total. The van der Waals surface area contributed by atoms with Gasteiger partial charge in [-0.3, -0.25) is 4.79 Å². The van der Waals surface area contributed by atoms with Crippen molar-refractivity contribution in [2.45, 2.75) is 71.9 Å². The minimum absolute atomic E-state index is 0. The van der Waals surface area contributed by atoms with Crippen molar-refractivity contribution in [3.8, 4) is 5.75 Å². The van der Waals surface area contributed by atoms with Crippen molar-refractivity contribution in [1.82, 2.24) is 5.32 Å². The molecule has 0 aliphatic heterocycles. The summed E-state index contributed by atoms with van der Waals surface area (Å²) < 4.78 is 10.1. The molecule has 0 saturated carbocycles. The van der Waals surface area contributed by atoms with Crippen LogP contribution in [-0.4, -0.2) is 49.4 Å². The van der Waals surface area contributed by atoms with Crippen molar-refractivity contribution >= 4 is 24.3 Å². The molecule has 0 spiro atoms. The lowest BCUT2D eigenvalue weighted by atomic mass is 9.82. The van der Waals surface area contributed by atoms with E-state index in [9.17, 15) is 14.7 Å². The quantitative estimate of drug-likeness (QED) is 0.258. The van der Waals surface area contributed by atoms with Crippen molar-refractivity contribution in [1.29, 1.82) is 0 Å². The number of aliphatic hydroxyl groups excluding tert-OH is 1. The maximum atomic E-state index is 12.2. The Bertz CT molecular complexity index is 701. The van der Waals surface area contributed by atoms with Crippen LogP contribution in [0.3, 0.4) is 0 Å². The number of aliphatic hydroxyl groups is 1. The van der Waals surface area contributed by atoms with Gasteiger partial charge in [0.25, 0.3) is 0 Å². The lowest BCUT2D eigenvalue weighted by molar-refractivity contribution is -0.142. The number of nitrogens with one attached hydrogen (secondary N) is 1. The monoisotopic (exact) mass is 486 g/mol. The third kappa shape index (κ3) is 12.3. The largest absolute Gasteiger partial charge is 0.482 e.